The van der Waals surface area contributed by atoms with E-state index in [-0.39, 0.29) is 0 Å². The number of hydrogen-bond acceptors (Lipinski definition) is 1. The van der Waals surface area contributed by atoms with E-state index < -0.39 is 0 Å². The van der Waals surface area contributed by atoms with E-state index in [2.05, 4.69) is 18.3 Å². The third-order valence-electron chi connectivity index (χ3n) is 3.71. The van der Waals surface area contributed by atoms with Gasteiger partial charge in [-0.15, -0.1) is 0 Å². The molecule has 0 aliphatic carbocycles. The first-order chi connectivity index (χ1) is 10.9. The van der Waals surface area contributed by atoms with Gasteiger partial charge in [0.05, 0.1) is 12.5 Å². The van der Waals surface area contributed by atoms with Crippen LogP contribution in [0.15, 0.2) is 29.1 Å². The van der Waals surface area contributed by atoms with E-state index in [0.29, 0.717) is 20.9 Å². The van der Waals surface area contributed by atoms with Gasteiger partial charge < -0.3 is 4.42 Å². The second-order valence-electron chi connectivity index (χ2n) is 5.94. The van der Waals surface area contributed by atoms with E-state index in [1.807, 2.05) is 12.1 Å². The molecule has 1 aromatic rings. The minimum atomic E-state index is 0.406. The first kappa shape index (κ1) is 22.1. The first-order valence-electron chi connectivity index (χ1n) is 9.46. The summed E-state index contributed by atoms with van der Waals surface area (Å²) in [5.74, 6) is 0. The van der Waals surface area contributed by atoms with Crippen molar-refractivity contribution >= 4 is 20.9 Å². The largest absolute Gasteiger partial charge is 0.473 e. The van der Waals surface area contributed by atoms with Gasteiger partial charge in [0.2, 0.25) is 0 Å². The van der Waals surface area contributed by atoms with Gasteiger partial charge in [-0.3, -0.25) is 0 Å². The van der Waals surface area contributed by atoms with Crippen molar-refractivity contribution < 1.29 is 4.42 Å². The van der Waals surface area contributed by atoms with Crippen molar-refractivity contribution in [3.05, 3.63) is 24.7 Å². The molecule has 0 aromatic carbocycles. The molecule has 0 N–H and O–H groups in total. The Morgan fingerprint density at radius 1 is 0.591 bits per heavy atom. The molecule has 0 aliphatic rings. The number of furan rings is 1. The van der Waals surface area contributed by atoms with Gasteiger partial charge in [0.1, 0.15) is 0 Å². The van der Waals surface area contributed by atoms with Crippen LogP contribution >= 0.6 is 0 Å². The average molecular weight is 422 g/mol. The molecule has 0 amide bonds. The second kappa shape index (κ2) is 21.1. The molecule has 1 aromatic heterocycles. The van der Waals surface area contributed by atoms with Crippen molar-refractivity contribution in [2.45, 2.75) is 99.8 Å². The summed E-state index contributed by atoms with van der Waals surface area (Å²) in [5.41, 5.74) is 0. The van der Waals surface area contributed by atoms with Crippen LogP contribution in [-0.2, 0) is 0 Å². The Morgan fingerprint density at radius 2 is 1.00 bits per heavy atom. The average Bonchev–Trinajstić information content (AvgIpc) is 3.12. The van der Waals surface area contributed by atoms with Crippen molar-refractivity contribution in [2.75, 3.05) is 0 Å². The van der Waals surface area contributed by atoms with Crippen LogP contribution in [0.1, 0.15) is 90.9 Å². The van der Waals surface area contributed by atoms with Crippen LogP contribution in [-0.4, -0.2) is 20.9 Å². The maximum Gasteiger partial charge on any atom is 0.0902 e. The molecular weight excluding hydrogens is 384 g/mol. The molecule has 1 nitrogen and oxygen atoms in total. The first-order valence-corrected chi connectivity index (χ1v) is 12.8. The van der Waals surface area contributed by atoms with Crippen molar-refractivity contribution in [3.8, 4) is 0 Å². The number of hydrogen-bond donors (Lipinski definition) is 0. The van der Waals surface area contributed by atoms with E-state index in [1.54, 1.807) is 34.3 Å². The summed E-state index contributed by atoms with van der Waals surface area (Å²) in [7, 11) is 0. The van der Waals surface area contributed by atoms with Gasteiger partial charge in [-0.05, 0) is 12.1 Å². The third-order valence-corrected chi connectivity index (χ3v) is 7.01. The van der Waals surface area contributed by atoms with Gasteiger partial charge in [-0.1, -0.05) is 0 Å². The van der Waals surface area contributed by atoms with Crippen LogP contribution in [0.2, 0.25) is 8.94 Å². The molecule has 0 spiro atoms. The molecule has 130 valence electrons. The molecule has 0 bridgehead atoms. The molecule has 0 aliphatic heterocycles. The predicted octanol–water partition coefficient (Wildman–Crippen LogP) is 7.53. The summed E-state index contributed by atoms with van der Waals surface area (Å²) in [5, 5.41) is 0. The van der Waals surface area contributed by atoms with Crippen molar-refractivity contribution in [2.24, 2.45) is 0 Å². The SMILES string of the molecule is CCCCCCCC[Te]CCCCCCCC.c1ccoc1. The van der Waals surface area contributed by atoms with Crippen LogP contribution < -0.4 is 0 Å². The fourth-order valence-corrected chi connectivity index (χ4v) is 5.21. The zero-order chi connectivity index (χ0) is 16.1. The fourth-order valence-electron chi connectivity index (χ4n) is 2.30. The topological polar surface area (TPSA) is 13.1 Å². The maximum atomic E-state index is 4.58. The summed E-state index contributed by atoms with van der Waals surface area (Å²) in [6.07, 6.45) is 21.0. The Labute approximate surface area is 149 Å². The minimum absolute atomic E-state index is 0.406. The quantitative estimate of drug-likeness (QED) is 0.223. The Balaban J connectivity index is 0.000000734. The number of unbranched alkanes of at least 4 members (excludes halogenated alkanes) is 10. The minimum Gasteiger partial charge on any atom is -0.473 e. The molecule has 0 atom stereocenters. The molecule has 1 heterocycles. The Bertz CT molecular complexity index is 227. The van der Waals surface area contributed by atoms with Gasteiger partial charge in [0.15, 0.2) is 0 Å². The van der Waals surface area contributed by atoms with Crippen molar-refractivity contribution in [1.29, 1.82) is 0 Å². The van der Waals surface area contributed by atoms with Crippen molar-refractivity contribution in [3.63, 3.8) is 0 Å². The van der Waals surface area contributed by atoms with Crippen LogP contribution in [0.4, 0.5) is 0 Å². The molecule has 22 heavy (non-hydrogen) atoms. The van der Waals surface area contributed by atoms with E-state index in [1.165, 1.54) is 64.2 Å². The molecule has 1 rings (SSSR count). The summed E-state index contributed by atoms with van der Waals surface area (Å²) >= 11 is 0.406. The zero-order valence-electron chi connectivity index (χ0n) is 15.0. The zero-order valence-corrected chi connectivity index (χ0v) is 17.4. The van der Waals surface area contributed by atoms with Crippen LogP contribution in [0, 0.1) is 0 Å². The van der Waals surface area contributed by atoms with Crippen LogP contribution in [0.5, 0.6) is 0 Å². The standard InChI is InChI=1S/C16H34Te.C4H4O/c1-3-5-7-9-11-13-15-17-16-14-12-10-8-6-4-2;1-2-4-5-3-1/h3-16H2,1-2H3;1-4H. The van der Waals surface area contributed by atoms with Crippen LogP contribution in [0.25, 0.3) is 0 Å². The smallest absolute Gasteiger partial charge is 0.0902 e. The molecule has 0 saturated carbocycles. The Hall–Kier alpha value is 0.0696. The fraction of sp³-hybridized carbons (Fsp3) is 0.800. The normalized spacial score (nSPS) is 10.3. The third kappa shape index (κ3) is 20.1. The molecular formula is C20H38OTe. The predicted molar refractivity (Wildman–Crippen MR) is 101 cm³/mol. The monoisotopic (exact) mass is 424 g/mol. The second-order valence-corrected chi connectivity index (χ2v) is 9.44. The Kier molecular flexibility index (Phi) is 21.1. The van der Waals surface area contributed by atoms with E-state index in [9.17, 15) is 0 Å². The van der Waals surface area contributed by atoms with Crippen molar-refractivity contribution in [1.82, 2.24) is 0 Å². The maximum absolute atomic E-state index is 4.58. The van der Waals surface area contributed by atoms with E-state index in [0.717, 1.165) is 0 Å². The summed E-state index contributed by atoms with van der Waals surface area (Å²) in [4.78, 5) is 0. The van der Waals surface area contributed by atoms with E-state index >= 15 is 0 Å². The van der Waals surface area contributed by atoms with Crippen LogP contribution in [0.3, 0.4) is 0 Å². The molecule has 0 saturated heterocycles. The van der Waals surface area contributed by atoms with Gasteiger partial charge in [0, 0.05) is 0 Å². The summed E-state index contributed by atoms with van der Waals surface area (Å²) < 4.78 is 7.82. The Morgan fingerprint density at radius 3 is 1.36 bits per heavy atom. The van der Waals surface area contributed by atoms with E-state index in [4.69, 9.17) is 0 Å². The molecule has 0 radical (unpaired) electrons. The molecule has 2 heteroatoms. The van der Waals surface area contributed by atoms with Gasteiger partial charge in [-0.25, -0.2) is 0 Å². The van der Waals surface area contributed by atoms with Gasteiger partial charge >= 0.3 is 121 Å². The summed E-state index contributed by atoms with van der Waals surface area (Å²) in [6, 6.07) is 3.67. The summed E-state index contributed by atoms with van der Waals surface area (Å²) in [6.45, 7) is 4.60. The van der Waals surface area contributed by atoms with Gasteiger partial charge in [0.25, 0.3) is 0 Å². The van der Waals surface area contributed by atoms with Gasteiger partial charge in [-0.2, -0.15) is 0 Å². The number of rotatable bonds is 14. The molecule has 0 unspecified atom stereocenters. The molecule has 0 fully saturated rings.